The zero-order chi connectivity index (χ0) is 18.1. The molecule has 134 valence electrons. The number of thioether (sulfide) groups is 1. The molecule has 3 aromatic rings. The topological polar surface area (TPSA) is 85.8 Å². The third-order valence-corrected chi connectivity index (χ3v) is 5.00. The number of carbonyl (C=O) groups excluding carboxylic acids is 1. The lowest BCUT2D eigenvalue weighted by molar-refractivity contribution is -0.114. The minimum Gasteiger partial charge on any atom is -0.360 e. The van der Waals surface area contributed by atoms with Gasteiger partial charge in [0.1, 0.15) is 11.6 Å². The highest BCUT2D eigenvalue weighted by Gasteiger charge is 2.31. The first kappa shape index (κ1) is 16.8. The van der Waals surface area contributed by atoms with Crippen molar-refractivity contribution >= 4 is 23.4 Å². The second-order valence-electron chi connectivity index (χ2n) is 6.41. The first-order valence-electron chi connectivity index (χ1n) is 8.48. The van der Waals surface area contributed by atoms with Gasteiger partial charge in [-0.25, -0.2) is 0 Å². The maximum Gasteiger partial charge on any atom is 0.221 e. The van der Waals surface area contributed by atoms with Crippen LogP contribution < -0.4 is 5.32 Å². The molecule has 1 aromatic carbocycles. The molecule has 0 unspecified atom stereocenters. The van der Waals surface area contributed by atoms with Crippen LogP contribution in [0, 0.1) is 6.92 Å². The number of rotatable bonds is 6. The summed E-state index contributed by atoms with van der Waals surface area (Å²) in [6, 6.07) is 9.66. The van der Waals surface area contributed by atoms with E-state index in [2.05, 4.69) is 25.2 Å². The third-order valence-electron chi connectivity index (χ3n) is 4.05. The van der Waals surface area contributed by atoms with Gasteiger partial charge in [-0.15, -0.1) is 10.2 Å². The monoisotopic (exact) mass is 369 g/mol. The molecule has 8 heteroatoms. The molecule has 0 saturated heterocycles. The second-order valence-corrected chi connectivity index (χ2v) is 7.35. The van der Waals surface area contributed by atoms with E-state index in [0.29, 0.717) is 11.7 Å². The van der Waals surface area contributed by atoms with E-state index in [0.717, 1.165) is 46.7 Å². The van der Waals surface area contributed by atoms with E-state index in [1.165, 1.54) is 6.92 Å². The molecular weight excluding hydrogens is 350 g/mol. The number of hydrogen-bond acceptors (Lipinski definition) is 6. The highest BCUT2D eigenvalue weighted by Crippen LogP contribution is 2.41. The molecule has 7 nitrogen and oxygen atoms in total. The summed E-state index contributed by atoms with van der Waals surface area (Å²) < 4.78 is 7.37. The molecule has 0 bridgehead atoms. The fourth-order valence-corrected chi connectivity index (χ4v) is 3.60. The molecule has 1 fully saturated rings. The number of anilines is 1. The van der Waals surface area contributed by atoms with Gasteiger partial charge in [-0.05, 0) is 38.0 Å². The van der Waals surface area contributed by atoms with Gasteiger partial charge in [0.25, 0.3) is 0 Å². The van der Waals surface area contributed by atoms with Crippen molar-refractivity contribution < 1.29 is 9.32 Å². The fourth-order valence-electron chi connectivity index (χ4n) is 2.77. The number of aryl methyl sites for hydroxylation is 1. The van der Waals surface area contributed by atoms with Gasteiger partial charge >= 0.3 is 0 Å². The van der Waals surface area contributed by atoms with Crippen LogP contribution in [-0.4, -0.2) is 25.8 Å². The van der Waals surface area contributed by atoms with E-state index in [4.69, 9.17) is 4.52 Å². The lowest BCUT2D eigenvalue weighted by atomic mass is 10.2. The number of hydrogen-bond donors (Lipinski definition) is 1. The van der Waals surface area contributed by atoms with E-state index in [-0.39, 0.29) is 5.91 Å². The van der Waals surface area contributed by atoms with Crippen LogP contribution in [0.15, 0.2) is 40.0 Å². The molecule has 2 heterocycles. The predicted molar refractivity (Wildman–Crippen MR) is 98.4 cm³/mol. The predicted octanol–water partition coefficient (Wildman–Crippen LogP) is 3.69. The number of benzene rings is 1. The van der Waals surface area contributed by atoms with Crippen molar-refractivity contribution in [1.29, 1.82) is 0 Å². The first-order chi connectivity index (χ1) is 12.6. The van der Waals surface area contributed by atoms with Gasteiger partial charge in [-0.3, -0.25) is 9.36 Å². The Morgan fingerprint density at radius 2 is 2.19 bits per heavy atom. The Bertz CT molecular complexity index is 945. The van der Waals surface area contributed by atoms with Crippen molar-refractivity contribution in [2.24, 2.45) is 0 Å². The molecule has 1 N–H and O–H groups in total. The normalized spacial score (nSPS) is 13.8. The lowest BCUT2D eigenvalue weighted by Gasteiger charge is -2.11. The summed E-state index contributed by atoms with van der Waals surface area (Å²) in [5.74, 6) is 2.77. The molecule has 0 spiro atoms. The molecule has 0 atom stereocenters. The van der Waals surface area contributed by atoms with E-state index >= 15 is 0 Å². The number of amides is 1. The first-order valence-corrected chi connectivity index (χ1v) is 9.47. The summed E-state index contributed by atoms with van der Waals surface area (Å²) in [7, 11) is 0. The van der Waals surface area contributed by atoms with Crippen LogP contribution in [0.25, 0.3) is 5.69 Å². The summed E-state index contributed by atoms with van der Waals surface area (Å²) in [5.41, 5.74) is 2.57. The zero-order valence-electron chi connectivity index (χ0n) is 14.6. The highest BCUT2D eigenvalue weighted by atomic mass is 32.2. The summed E-state index contributed by atoms with van der Waals surface area (Å²) in [4.78, 5) is 11.4. The van der Waals surface area contributed by atoms with Gasteiger partial charge in [0.15, 0.2) is 5.16 Å². The maximum absolute atomic E-state index is 11.4. The van der Waals surface area contributed by atoms with Gasteiger partial charge in [0.2, 0.25) is 5.91 Å². The van der Waals surface area contributed by atoms with Gasteiger partial charge in [0.05, 0.1) is 17.1 Å². The number of aromatic nitrogens is 4. The zero-order valence-corrected chi connectivity index (χ0v) is 15.4. The minimum absolute atomic E-state index is 0.0939. The van der Waals surface area contributed by atoms with Crippen molar-refractivity contribution in [3.05, 3.63) is 47.6 Å². The Labute approximate surface area is 155 Å². The van der Waals surface area contributed by atoms with Crippen molar-refractivity contribution in [3.63, 3.8) is 0 Å². The molecule has 1 saturated carbocycles. The quantitative estimate of drug-likeness (QED) is 0.667. The van der Waals surface area contributed by atoms with E-state index < -0.39 is 0 Å². The Kier molecular flexibility index (Phi) is 4.50. The molecule has 26 heavy (non-hydrogen) atoms. The highest BCUT2D eigenvalue weighted by molar-refractivity contribution is 7.98. The molecular formula is C18H19N5O2S. The number of nitrogens with zero attached hydrogens (tertiary/aromatic N) is 4. The summed E-state index contributed by atoms with van der Waals surface area (Å²) in [6.07, 6.45) is 2.27. The van der Waals surface area contributed by atoms with E-state index in [1.54, 1.807) is 11.8 Å². The van der Waals surface area contributed by atoms with Gasteiger partial charge in [-0.1, -0.05) is 23.0 Å². The van der Waals surface area contributed by atoms with Crippen LogP contribution in [0.2, 0.25) is 0 Å². The molecule has 0 aliphatic heterocycles. The molecule has 1 amide bonds. The summed E-state index contributed by atoms with van der Waals surface area (Å²) >= 11 is 1.56. The Morgan fingerprint density at radius 1 is 1.35 bits per heavy atom. The Hall–Kier alpha value is -2.61. The average molecular weight is 369 g/mol. The molecule has 2 aromatic heterocycles. The molecule has 4 rings (SSSR count). The molecule has 1 aliphatic rings. The average Bonchev–Trinajstić information content (AvgIpc) is 3.23. The fraction of sp³-hybridized carbons (Fsp3) is 0.333. The number of carbonyl (C=O) groups is 1. The second kappa shape index (κ2) is 6.95. The summed E-state index contributed by atoms with van der Waals surface area (Å²) in [6.45, 7) is 3.40. The molecule has 0 radical (unpaired) electrons. The van der Waals surface area contributed by atoms with E-state index in [9.17, 15) is 4.79 Å². The smallest absolute Gasteiger partial charge is 0.221 e. The largest absolute Gasteiger partial charge is 0.360 e. The minimum atomic E-state index is -0.0939. The van der Waals surface area contributed by atoms with Crippen molar-refractivity contribution in [2.75, 3.05) is 5.32 Å². The van der Waals surface area contributed by atoms with Crippen LogP contribution in [0.5, 0.6) is 0 Å². The van der Waals surface area contributed by atoms with Crippen molar-refractivity contribution in [2.45, 2.75) is 43.5 Å². The van der Waals surface area contributed by atoms with Crippen LogP contribution in [0.4, 0.5) is 5.69 Å². The van der Waals surface area contributed by atoms with Crippen LogP contribution in [0.3, 0.4) is 0 Å². The van der Waals surface area contributed by atoms with Crippen molar-refractivity contribution in [3.8, 4) is 5.69 Å². The number of nitrogens with one attached hydrogen (secondary N) is 1. The molecule has 1 aliphatic carbocycles. The SMILES string of the molecule is CC(=O)Nc1cccc(-n2c(SCc3cc(C)no3)nnc2C2CC2)c1. The maximum atomic E-state index is 11.4. The standard InChI is InChI=1S/C18H19N5O2S/c1-11-8-16(25-22-11)10-26-18-21-20-17(13-6-7-13)23(18)15-5-3-4-14(9-15)19-12(2)24/h3-5,8-9,13H,6-7,10H2,1-2H3,(H,19,24). The Morgan fingerprint density at radius 3 is 2.88 bits per heavy atom. The van der Waals surface area contributed by atoms with Gasteiger partial charge in [0, 0.05) is 24.6 Å². The van der Waals surface area contributed by atoms with Crippen LogP contribution in [0.1, 0.15) is 43.0 Å². The van der Waals surface area contributed by atoms with Crippen molar-refractivity contribution in [1.82, 2.24) is 19.9 Å². The van der Waals surface area contributed by atoms with Gasteiger partial charge in [-0.2, -0.15) is 0 Å². The lowest BCUT2D eigenvalue weighted by Crippen LogP contribution is -2.07. The van der Waals surface area contributed by atoms with Crippen LogP contribution >= 0.6 is 11.8 Å². The van der Waals surface area contributed by atoms with E-state index in [1.807, 2.05) is 37.3 Å². The van der Waals surface area contributed by atoms with Crippen LogP contribution in [-0.2, 0) is 10.5 Å². The summed E-state index contributed by atoms with van der Waals surface area (Å²) in [5, 5.41) is 16.4. The third kappa shape index (κ3) is 3.65. The van der Waals surface area contributed by atoms with Gasteiger partial charge < -0.3 is 9.84 Å². The Balaban J connectivity index is 1.65.